The van der Waals surface area contributed by atoms with Crippen LogP contribution in [-0.4, -0.2) is 25.2 Å². The number of hydrogen-bond acceptors (Lipinski definition) is 3. The molecule has 1 aromatic carbocycles. The number of benzene rings is 1. The lowest BCUT2D eigenvalue weighted by atomic mass is 10.2. The van der Waals surface area contributed by atoms with Gasteiger partial charge in [-0.15, -0.1) is 0 Å². The van der Waals surface area contributed by atoms with Gasteiger partial charge in [-0.25, -0.2) is 13.2 Å². The summed E-state index contributed by atoms with van der Waals surface area (Å²) in [5.74, 6) is -1.46. The number of carboxylic acids is 1. The van der Waals surface area contributed by atoms with Crippen LogP contribution in [0.3, 0.4) is 0 Å². The van der Waals surface area contributed by atoms with Crippen LogP contribution < -0.4 is 0 Å². The summed E-state index contributed by atoms with van der Waals surface area (Å²) in [4.78, 5) is 10.7. The Morgan fingerprint density at radius 3 is 2.65 bits per heavy atom. The van der Waals surface area contributed by atoms with Crippen molar-refractivity contribution in [2.24, 2.45) is 0 Å². The van der Waals surface area contributed by atoms with E-state index in [2.05, 4.69) is 15.9 Å². The normalized spacial score (nSPS) is 11.9. The summed E-state index contributed by atoms with van der Waals surface area (Å²) in [5.41, 5.74) is 1.02. The van der Waals surface area contributed by atoms with Crippen LogP contribution in [0.4, 0.5) is 0 Å². The first kappa shape index (κ1) is 14.2. The Kier molecular flexibility index (Phi) is 4.73. The van der Waals surface area contributed by atoms with E-state index >= 15 is 0 Å². The van der Waals surface area contributed by atoms with Gasteiger partial charge in [-0.05, 0) is 34.1 Å². The van der Waals surface area contributed by atoms with Crippen molar-refractivity contribution in [3.63, 3.8) is 0 Å². The highest BCUT2D eigenvalue weighted by Gasteiger charge is 2.18. The molecule has 0 amide bonds. The van der Waals surface area contributed by atoms with E-state index in [1.807, 2.05) is 0 Å². The van der Waals surface area contributed by atoms with Gasteiger partial charge < -0.3 is 5.11 Å². The molecule has 1 aromatic rings. The monoisotopic (exact) mass is 338 g/mol. The van der Waals surface area contributed by atoms with Crippen LogP contribution in [0.5, 0.6) is 0 Å². The lowest BCUT2D eigenvalue weighted by Crippen LogP contribution is -2.07. The average Bonchev–Trinajstić information content (AvgIpc) is 2.26. The predicted octanol–water partition coefficient (Wildman–Crippen LogP) is 2.67. The molecule has 0 aliphatic rings. The molecule has 0 aliphatic heterocycles. The van der Waals surface area contributed by atoms with Gasteiger partial charge in [0, 0.05) is 10.0 Å². The van der Waals surface area contributed by atoms with E-state index in [1.165, 1.54) is 18.2 Å². The Hall–Kier alpha value is -0.850. The predicted molar refractivity (Wildman–Crippen MR) is 68.1 cm³/mol. The third kappa shape index (κ3) is 3.55. The van der Waals surface area contributed by atoms with Gasteiger partial charge >= 0.3 is 5.97 Å². The zero-order valence-corrected chi connectivity index (χ0v) is 11.6. The van der Waals surface area contributed by atoms with Gasteiger partial charge in [0.15, 0.2) is 9.84 Å². The summed E-state index contributed by atoms with van der Waals surface area (Å²) in [7, 11) is -3.59. The first-order chi connectivity index (χ1) is 7.88. The summed E-state index contributed by atoms with van der Waals surface area (Å²) < 4.78 is 24.0. The summed E-state index contributed by atoms with van der Waals surface area (Å²) in [6.07, 6.45) is 1.27. The molecule has 0 saturated heterocycles. The van der Waals surface area contributed by atoms with Crippen molar-refractivity contribution in [1.29, 1.82) is 0 Å². The van der Waals surface area contributed by atoms with Crippen molar-refractivity contribution < 1.29 is 18.3 Å². The van der Waals surface area contributed by atoms with Gasteiger partial charge in [-0.3, -0.25) is 0 Å². The molecule has 92 valence electrons. The van der Waals surface area contributed by atoms with Crippen LogP contribution in [0, 0.1) is 0 Å². The minimum atomic E-state index is -3.59. The van der Waals surface area contributed by atoms with E-state index in [0.717, 1.165) is 11.6 Å². The second-order valence-electron chi connectivity index (χ2n) is 3.09. The van der Waals surface area contributed by atoms with E-state index in [9.17, 15) is 13.2 Å². The Bertz CT molecular complexity index is 566. The van der Waals surface area contributed by atoms with Gasteiger partial charge in [0.05, 0.1) is 16.2 Å². The Morgan fingerprint density at radius 1 is 1.47 bits per heavy atom. The summed E-state index contributed by atoms with van der Waals surface area (Å²) in [6.45, 7) is 0. The summed E-state index contributed by atoms with van der Waals surface area (Å²) in [5, 5.41) is 8.80. The molecule has 0 heterocycles. The molecule has 0 unspecified atom stereocenters. The second kappa shape index (κ2) is 5.66. The van der Waals surface area contributed by atoms with Gasteiger partial charge in [0.1, 0.15) is 0 Å². The molecule has 0 bridgehead atoms. The zero-order valence-electron chi connectivity index (χ0n) is 8.43. The average molecular weight is 340 g/mol. The molecule has 4 nitrogen and oxygen atoms in total. The fourth-order valence-corrected chi connectivity index (χ4v) is 3.51. The van der Waals surface area contributed by atoms with Crippen molar-refractivity contribution in [2.45, 2.75) is 4.90 Å². The number of sulfone groups is 1. The summed E-state index contributed by atoms with van der Waals surface area (Å²) >= 11 is 8.34. The number of carboxylic acid groups (broad SMARTS) is 1. The van der Waals surface area contributed by atoms with Gasteiger partial charge in [-0.1, -0.05) is 17.7 Å². The third-order valence-electron chi connectivity index (χ3n) is 1.92. The van der Waals surface area contributed by atoms with Gasteiger partial charge in [0.25, 0.3) is 0 Å². The molecule has 0 atom stereocenters. The molecule has 0 fully saturated rings. The van der Waals surface area contributed by atoms with E-state index in [0.29, 0.717) is 4.47 Å². The Morgan fingerprint density at radius 2 is 2.12 bits per heavy atom. The van der Waals surface area contributed by atoms with Crippen molar-refractivity contribution in [3.05, 3.63) is 39.8 Å². The molecule has 1 rings (SSSR count). The maximum absolute atomic E-state index is 11.9. The Balaban J connectivity index is 3.30. The molecule has 17 heavy (non-hydrogen) atoms. The highest BCUT2D eigenvalue weighted by molar-refractivity contribution is 9.10. The SMILES string of the molecule is O=C(O)c1ccc(Br)c(S(=O)(=O)C/C=C/Cl)c1. The van der Waals surface area contributed by atoms with Crippen LogP contribution in [0.2, 0.25) is 0 Å². The van der Waals surface area contributed by atoms with Crippen molar-refractivity contribution >= 4 is 43.3 Å². The molecule has 0 radical (unpaired) electrons. The van der Waals surface area contributed by atoms with Crippen LogP contribution in [0.25, 0.3) is 0 Å². The molecule has 1 N–H and O–H groups in total. The smallest absolute Gasteiger partial charge is 0.335 e. The van der Waals surface area contributed by atoms with Crippen LogP contribution >= 0.6 is 27.5 Å². The number of carbonyl (C=O) groups is 1. The van der Waals surface area contributed by atoms with E-state index in [-0.39, 0.29) is 16.2 Å². The number of halogens is 2. The van der Waals surface area contributed by atoms with E-state index < -0.39 is 15.8 Å². The standard InChI is InChI=1S/C10H8BrClO4S/c11-8-3-2-7(10(13)14)6-9(8)17(15,16)5-1-4-12/h1-4,6H,5H2,(H,13,14)/b4-1+. The van der Waals surface area contributed by atoms with E-state index in [1.54, 1.807) is 0 Å². The van der Waals surface area contributed by atoms with Gasteiger partial charge in [-0.2, -0.15) is 0 Å². The molecule has 0 aromatic heterocycles. The Labute approximate surface area is 112 Å². The fourth-order valence-electron chi connectivity index (χ4n) is 1.13. The maximum Gasteiger partial charge on any atom is 0.335 e. The molecular weight excluding hydrogens is 332 g/mol. The highest BCUT2D eigenvalue weighted by Crippen LogP contribution is 2.24. The molecule has 0 aliphatic carbocycles. The topological polar surface area (TPSA) is 71.4 Å². The molecule has 0 saturated carbocycles. The minimum Gasteiger partial charge on any atom is -0.478 e. The van der Waals surface area contributed by atoms with Crippen LogP contribution in [0.15, 0.2) is 39.2 Å². The lowest BCUT2D eigenvalue weighted by Gasteiger charge is -2.05. The zero-order chi connectivity index (χ0) is 13.1. The minimum absolute atomic E-state index is 0.0628. The van der Waals surface area contributed by atoms with Gasteiger partial charge in [0.2, 0.25) is 0 Å². The van der Waals surface area contributed by atoms with Crippen molar-refractivity contribution in [3.8, 4) is 0 Å². The lowest BCUT2D eigenvalue weighted by molar-refractivity contribution is 0.0696. The highest BCUT2D eigenvalue weighted by atomic mass is 79.9. The maximum atomic E-state index is 11.9. The quantitative estimate of drug-likeness (QED) is 0.915. The third-order valence-corrected chi connectivity index (χ3v) is 4.69. The van der Waals surface area contributed by atoms with Crippen molar-refractivity contribution in [2.75, 3.05) is 5.75 Å². The van der Waals surface area contributed by atoms with Crippen molar-refractivity contribution in [1.82, 2.24) is 0 Å². The first-order valence-corrected chi connectivity index (χ1v) is 7.27. The number of rotatable bonds is 4. The summed E-state index contributed by atoms with van der Waals surface area (Å²) in [6, 6.07) is 3.83. The second-order valence-corrected chi connectivity index (χ2v) is 6.20. The van der Waals surface area contributed by atoms with Crippen LogP contribution in [0.1, 0.15) is 10.4 Å². The molecular formula is C10H8BrClO4S. The largest absolute Gasteiger partial charge is 0.478 e. The fraction of sp³-hybridized carbons (Fsp3) is 0.100. The first-order valence-electron chi connectivity index (χ1n) is 4.39. The molecule has 0 spiro atoms. The number of aromatic carboxylic acids is 1. The molecule has 7 heteroatoms. The van der Waals surface area contributed by atoms with E-state index in [4.69, 9.17) is 16.7 Å². The number of hydrogen-bond donors (Lipinski definition) is 1. The van der Waals surface area contributed by atoms with Crippen LogP contribution in [-0.2, 0) is 9.84 Å².